The van der Waals surface area contributed by atoms with Gasteiger partial charge < -0.3 is 14.9 Å². The lowest BCUT2D eigenvalue weighted by molar-refractivity contribution is -0.137. The number of hydrogen-bond acceptors (Lipinski definition) is 3. The molecule has 2 saturated heterocycles. The smallest absolute Gasteiger partial charge is 0.303 e. The van der Waals surface area contributed by atoms with Gasteiger partial charge >= 0.3 is 5.97 Å². The van der Waals surface area contributed by atoms with Gasteiger partial charge in [0.05, 0.1) is 18.3 Å². The molecule has 0 radical (unpaired) electrons. The number of hydrogen-bond donors (Lipinski definition) is 2. The summed E-state index contributed by atoms with van der Waals surface area (Å²) in [6.45, 7) is 2.08. The zero-order valence-electron chi connectivity index (χ0n) is 16.7. The Hall–Kier alpha value is -1.91. The maximum atomic E-state index is 10.6. The highest BCUT2D eigenvalue weighted by Gasteiger charge is 2.46. The molecule has 2 bridgehead atoms. The molecule has 2 aliphatic rings. The number of carboxylic acids is 1. The maximum Gasteiger partial charge on any atom is 0.303 e. The van der Waals surface area contributed by atoms with E-state index in [2.05, 4.69) is 37.3 Å². The summed E-state index contributed by atoms with van der Waals surface area (Å²) in [4.78, 5) is 10.6. The number of carboxylic acid groups (broad SMARTS) is 1. The molecule has 2 aliphatic heterocycles. The Morgan fingerprint density at radius 2 is 2.04 bits per heavy atom. The Morgan fingerprint density at radius 3 is 2.82 bits per heavy atom. The van der Waals surface area contributed by atoms with Gasteiger partial charge in [0.2, 0.25) is 0 Å². The van der Waals surface area contributed by atoms with E-state index in [1.807, 2.05) is 18.2 Å². The molecule has 0 spiro atoms. The second-order valence-corrected chi connectivity index (χ2v) is 8.11. The first-order valence-corrected chi connectivity index (χ1v) is 10.5. The number of rotatable bonds is 10. The number of aliphatic carboxylic acids is 1. The lowest BCUT2D eigenvalue weighted by Crippen LogP contribution is -2.25. The van der Waals surface area contributed by atoms with Crippen LogP contribution in [-0.4, -0.2) is 34.5 Å². The molecule has 5 atom stereocenters. The summed E-state index contributed by atoms with van der Waals surface area (Å²) in [5.74, 6) is 0.0784. The molecule has 1 aromatic rings. The summed E-state index contributed by atoms with van der Waals surface area (Å²) in [5.41, 5.74) is 2.40. The van der Waals surface area contributed by atoms with Crippen LogP contribution in [0, 0.1) is 18.8 Å². The molecule has 4 heteroatoms. The van der Waals surface area contributed by atoms with Crippen LogP contribution in [0.4, 0.5) is 0 Å². The van der Waals surface area contributed by atoms with Crippen LogP contribution in [-0.2, 0) is 16.0 Å². The van der Waals surface area contributed by atoms with Gasteiger partial charge in [0.25, 0.3) is 0 Å². The van der Waals surface area contributed by atoms with Crippen molar-refractivity contribution < 1.29 is 19.7 Å². The molecule has 0 saturated carbocycles. The molecule has 2 N–H and O–H groups in total. The van der Waals surface area contributed by atoms with Crippen LogP contribution < -0.4 is 0 Å². The Morgan fingerprint density at radius 1 is 1.25 bits per heavy atom. The summed E-state index contributed by atoms with van der Waals surface area (Å²) in [6, 6.07) is 8.19. The van der Waals surface area contributed by atoms with Gasteiger partial charge in [0.1, 0.15) is 0 Å². The SMILES string of the molecule is Cc1ccccc1CC(O)/C=C/[C@H]1[C@H](C/C=C\CCCC(=O)O)[C@H]2CC[C@@H]1O2. The van der Waals surface area contributed by atoms with Gasteiger partial charge in [-0.3, -0.25) is 4.79 Å². The van der Waals surface area contributed by atoms with Gasteiger partial charge in [-0.25, -0.2) is 0 Å². The van der Waals surface area contributed by atoms with Crippen LogP contribution in [0.3, 0.4) is 0 Å². The fraction of sp³-hybridized carbons (Fsp3) is 0.542. The fourth-order valence-electron chi connectivity index (χ4n) is 4.52. The predicted molar refractivity (Wildman–Crippen MR) is 110 cm³/mol. The van der Waals surface area contributed by atoms with Crippen molar-refractivity contribution in [1.29, 1.82) is 0 Å². The standard InChI is InChI=1S/C24H32O4/c1-17-8-6-7-9-18(17)16-19(25)12-13-21-20(22-14-15-23(21)28-22)10-4-2-3-5-11-24(26)27/h2,4,6-9,12-13,19-23,25H,3,5,10-11,14-16H2,1H3,(H,26,27)/b4-2-,13-12+/t19?,20-,21-,22+,23-/m0/s1. The summed E-state index contributed by atoms with van der Waals surface area (Å²) >= 11 is 0. The quantitative estimate of drug-likeness (QED) is 0.462. The summed E-state index contributed by atoms with van der Waals surface area (Å²) in [5, 5.41) is 19.2. The van der Waals surface area contributed by atoms with E-state index < -0.39 is 12.1 Å². The number of fused-ring (bicyclic) bond motifs is 2. The third-order valence-electron chi connectivity index (χ3n) is 6.07. The zero-order chi connectivity index (χ0) is 19.9. The molecular weight excluding hydrogens is 352 g/mol. The largest absolute Gasteiger partial charge is 0.481 e. The molecule has 3 rings (SSSR count). The zero-order valence-corrected chi connectivity index (χ0v) is 16.7. The lowest BCUT2D eigenvalue weighted by atomic mass is 9.77. The minimum atomic E-state index is -0.732. The molecule has 152 valence electrons. The van der Waals surface area contributed by atoms with E-state index in [-0.39, 0.29) is 12.5 Å². The van der Waals surface area contributed by atoms with Crippen molar-refractivity contribution in [2.24, 2.45) is 11.8 Å². The average molecular weight is 385 g/mol. The number of aliphatic hydroxyl groups excluding tert-OH is 1. The van der Waals surface area contributed by atoms with Gasteiger partial charge in [0.15, 0.2) is 0 Å². The highest BCUT2D eigenvalue weighted by atomic mass is 16.5. The van der Waals surface area contributed by atoms with Crippen LogP contribution in [0.5, 0.6) is 0 Å². The molecule has 0 aromatic heterocycles. The van der Waals surface area contributed by atoms with Gasteiger partial charge in [-0.15, -0.1) is 0 Å². The third-order valence-corrected chi connectivity index (χ3v) is 6.07. The second-order valence-electron chi connectivity index (χ2n) is 8.11. The lowest BCUT2D eigenvalue weighted by Gasteiger charge is -2.25. The van der Waals surface area contributed by atoms with Gasteiger partial charge in [-0.2, -0.15) is 0 Å². The van der Waals surface area contributed by atoms with Crippen molar-refractivity contribution >= 4 is 5.97 Å². The van der Waals surface area contributed by atoms with Gasteiger partial charge in [-0.1, -0.05) is 48.6 Å². The first-order valence-electron chi connectivity index (χ1n) is 10.5. The highest BCUT2D eigenvalue weighted by molar-refractivity contribution is 5.66. The number of unbranched alkanes of at least 4 members (excludes halogenated alkanes) is 1. The van der Waals surface area contributed by atoms with E-state index in [0.717, 1.165) is 25.7 Å². The monoisotopic (exact) mass is 384 g/mol. The Kier molecular flexibility index (Phi) is 7.46. The first kappa shape index (κ1) is 20.8. The van der Waals surface area contributed by atoms with E-state index in [1.165, 1.54) is 11.1 Å². The van der Waals surface area contributed by atoms with E-state index >= 15 is 0 Å². The molecule has 0 amide bonds. The van der Waals surface area contributed by atoms with Gasteiger partial charge in [0, 0.05) is 18.8 Å². The second kappa shape index (κ2) is 10.0. The van der Waals surface area contributed by atoms with E-state index in [9.17, 15) is 9.90 Å². The van der Waals surface area contributed by atoms with E-state index in [0.29, 0.717) is 30.8 Å². The third kappa shape index (κ3) is 5.55. The minimum Gasteiger partial charge on any atom is -0.481 e. The molecule has 1 aromatic carbocycles. The fourth-order valence-corrected chi connectivity index (χ4v) is 4.52. The number of aliphatic hydroxyl groups is 1. The molecule has 4 nitrogen and oxygen atoms in total. The van der Waals surface area contributed by atoms with Crippen LogP contribution in [0.25, 0.3) is 0 Å². The molecule has 0 aliphatic carbocycles. The minimum absolute atomic E-state index is 0.228. The maximum absolute atomic E-state index is 10.6. The van der Waals surface area contributed by atoms with Crippen molar-refractivity contribution in [2.45, 2.75) is 70.2 Å². The van der Waals surface area contributed by atoms with Crippen LogP contribution in [0.2, 0.25) is 0 Å². The topological polar surface area (TPSA) is 66.8 Å². The Labute approximate surface area is 167 Å². The number of aryl methyl sites for hydroxylation is 1. The predicted octanol–water partition coefficient (Wildman–Crippen LogP) is 4.45. The number of allylic oxidation sites excluding steroid dienone is 2. The van der Waals surface area contributed by atoms with Crippen molar-refractivity contribution in [1.82, 2.24) is 0 Å². The summed E-state index contributed by atoms with van der Waals surface area (Å²) in [7, 11) is 0. The molecule has 28 heavy (non-hydrogen) atoms. The molecule has 1 unspecified atom stereocenters. The van der Waals surface area contributed by atoms with E-state index in [4.69, 9.17) is 9.84 Å². The van der Waals surface area contributed by atoms with Crippen molar-refractivity contribution in [3.63, 3.8) is 0 Å². The summed E-state index contributed by atoms with van der Waals surface area (Å²) < 4.78 is 6.13. The first-order chi connectivity index (χ1) is 13.5. The number of benzene rings is 1. The molecule has 2 heterocycles. The van der Waals surface area contributed by atoms with Crippen LogP contribution in [0.15, 0.2) is 48.6 Å². The molecule has 2 fully saturated rings. The van der Waals surface area contributed by atoms with Crippen molar-refractivity contribution in [2.75, 3.05) is 0 Å². The van der Waals surface area contributed by atoms with Crippen molar-refractivity contribution in [3.05, 3.63) is 59.7 Å². The highest BCUT2D eigenvalue weighted by Crippen LogP contribution is 2.45. The van der Waals surface area contributed by atoms with Crippen molar-refractivity contribution in [3.8, 4) is 0 Å². The van der Waals surface area contributed by atoms with Gasteiger partial charge in [-0.05, 0) is 56.1 Å². The average Bonchev–Trinajstić information content (AvgIpc) is 3.26. The number of carbonyl (C=O) groups is 1. The van der Waals surface area contributed by atoms with Crippen LogP contribution >= 0.6 is 0 Å². The Balaban J connectivity index is 1.52. The number of ether oxygens (including phenoxy) is 1. The Bertz CT molecular complexity index is 708. The molecular formula is C24H32O4. The summed E-state index contributed by atoms with van der Waals surface area (Å²) in [6.07, 6.45) is 14.1. The van der Waals surface area contributed by atoms with E-state index in [1.54, 1.807) is 0 Å². The normalized spacial score (nSPS) is 27.8. The van der Waals surface area contributed by atoms with Crippen LogP contribution in [0.1, 0.15) is 49.7 Å².